The highest BCUT2D eigenvalue weighted by molar-refractivity contribution is 5.80. The molecular formula is C21H22F3N3O3. The van der Waals surface area contributed by atoms with Crippen molar-refractivity contribution in [2.45, 2.75) is 6.18 Å². The number of carbonyl (C=O) groups is 1. The first-order chi connectivity index (χ1) is 14.4. The summed E-state index contributed by atoms with van der Waals surface area (Å²) in [5.74, 6) is 0.512. The van der Waals surface area contributed by atoms with Crippen LogP contribution in [-0.2, 0) is 15.8 Å². The molecule has 160 valence electrons. The molecular weight excluding hydrogens is 399 g/mol. The lowest BCUT2D eigenvalue weighted by Crippen LogP contribution is -2.49. The maximum atomic E-state index is 12.9. The highest BCUT2D eigenvalue weighted by Gasteiger charge is 2.31. The van der Waals surface area contributed by atoms with Crippen LogP contribution in [0.15, 0.2) is 53.7 Å². The summed E-state index contributed by atoms with van der Waals surface area (Å²) in [5, 5.41) is 3.80. The topological polar surface area (TPSA) is 54.4 Å². The Kier molecular flexibility index (Phi) is 6.81. The number of piperazine rings is 1. The Labute approximate surface area is 172 Å². The van der Waals surface area contributed by atoms with Crippen molar-refractivity contribution in [1.82, 2.24) is 4.90 Å². The van der Waals surface area contributed by atoms with Gasteiger partial charge in [0.25, 0.3) is 5.91 Å². The molecule has 0 aliphatic carbocycles. The quantitative estimate of drug-likeness (QED) is 0.530. The van der Waals surface area contributed by atoms with Crippen molar-refractivity contribution in [1.29, 1.82) is 0 Å². The van der Waals surface area contributed by atoms with Crippen molar-refractivity contribution in [2.24, 2.45) is 5.16 Å². The second kappa shape index (κ2) is 9.51. The molecule has 1 fully saturated rings. The predicted molar refractivity (Wildman–Crippen MR) is 107 cm³/mol. The van der Waals surface area contributed by atoms with Crippen LogP contribution in [-0.4, -0.2) is 56.9 Å². The summed E-state index contributed by atoms with van der Waals surface area (Å²) in [5.41, 5.74) is 0.622. The summed E-state index contributed by atoms with van der Waals surface area (Å²) in [6, 6.07) is 12.4. The highest BCUT2D eigenvalue weighted by Crippen LogP contribution is 2.31. The van der Waals surface area contributed by atoms with Crippen molar-refractivity contribution in [3.63, 3.8) is 0 Å². The van der Waals surface area contributed by atoms with Crippen molar-refractivity contribution in [3.05, 3.63) is 59.7 Å². The summed E-state index contributed by atoms with van der Waals surface area (Å²) >= 11 is 0. The summed E-state index contributed by atoms with van der Waals surface area (Å²) in [6.07, 6.45) is -2.88. The molecule has 0 N–H and O–H groups in total. The number of ether oxygens (including phenoxy) is 1. The van der Waals surface area contributed by atoms with Crippen LogP contribution in [0, 0.1) is 0 Å². The molecule has 6 nitrogen and oxygen atoms in total. The molecule has 9 heteroatoms. The van der Waals surface area contributed by atoms with Crippen LogP contribution < -0.4 is 9.64 Å². The third kappa shape index (κ3) is 5.65. The van der Waals surface area contributed by atoms with E-state index in [9.17, 15) is 18.0 Å². The first-order valence-corrected chi connectivity index (χ1v) is 9.36. The van der Waals surface area contributed by atoms with Gasteiger partial charge < -0.3 is 19.4 Å². The molecule has 0 radical (unpaired) electrons. The maximum Gasteiger partial charge on any atom is 0.416 e. The van der Waals surface area contributed by atoms with E-state index >= 15 is 0 Å². The number of amides is 1. The molecule has 1 aliphatic heterocycles. The average Bonchev–Trinajstić information content (AvgIpc) is 2.76. The standard InChI is InChI=1S/C21H22F3N3O3/c1-29-19-7-5-16(6-8-19)14-25-30-15-20(28)27-11-9-26(10-12-27)18-4-2-3-17(13-18)21(22,23)24/h2-8,13-14H,9-12,15H2,1H3/b25-14-. The minimum Gasteiger partial charge on any atom is -0.497 e. The molecule has 1 saturated heterocycles. The molecule has 1 amide bonds. The van der Waals surface area contributed by atoms with Gasteiger partial charge in [-0.2, -0.15) is 13.2 Å². The fourth-order valence-corrected chi connectivity index (χ4v) is 3.06. The number of alkyl halides is 3. The Bertz CT molecular complexity index is 877. The van der Waals surface area contributed by atoms with E-state index in [1.807, 2.05) is 4.90 Å². The average molecular weight is 421 g/mol. The van der Waals surface area contributed by atoms with Gasteiger partial charge in [0.15, 0.2) is 6.61 Å². The van der Waals surface area contributed by atoms with Crippen LogP contribution in [0.5, 0.6) is 5.75 Å². The largest absolute Gasteiger partial charge is 0.497 e. The Morgan fingerprint density at radius 1 is 1.10 bits per heavy atom. The minimum absolute atomic E-state index is 0.198. The fourth-order valence-electron chi connectivity index (χ4n) is 3.06. The van der Waals surface area contributed by atoms with E-state index in [1.54, 1.807) is 42.3 Å². The van der Waals surface area contributed by atoms with E-state index in [-0.39, 0.29) is 12.5 Å². The molecule has 0 bridgehead atoms. The third-order valence-electron chi connectivity index (χ3n) is 4.75. The third-order valence-corrected chi connectivity index (χ3v) is 4.75. The minimum atomic E-state index is -4.38. The number of hydrogen-bond donors (Lipinski definition) is 0. The molecule has 0 spiro atoms. The zero-order chi connectivity index (χ0) is 21.6. The van der Waals surface area contributed by atoms with Gasteiger partial charge in [0, 0.05) is 31.9 Å². The van der Waals surface area contributed by atoms with Gasteiger partial charge in [0.2, 0.25) is 0 Å². The zero-order valence-corrected chi connectivity index (χ0v) is 16.4. The van der Waals surface area contributed by atoms with Crippen LogP contribution in [0.25, 0.3) is 0 Å². The van der Waals surface area contributed by atoms with Crippen molar-refractivity contribution < 1.29 is 27.5 Å². The number of anilines is 1. The number of hydrogen-bond acceptors (Lipinski definition) is 5. The summed E-state index contributed by atoms with van der Waals surface area (Å²) in [7, 11) is 1.58. The van der Waals surface area contributed by atoms with Gasteiger partial charge in [0.1, 0.15) is 5.75 Å². The molecule has 30 heavy (non-hydrogen) atoms. The molecule has 0 atom stereocenters. The van der Waals surface area contributed by atoms with Crippen LogP contribution in [0.1, 0.15) is 11.1 Å². The van der Waals surface area contributed by atoms with E-state index in [0.717, 1.165) is 23.4 Å². The van der Waals surface area contributed by atoms with Crippen LogP contribution in [0.3, 0.4) is 0 Å². The van der Waals surface area contributed by atoms with Gasteiger partial charge in [-0.1, -0.05) is 11.2 Å². The van der Waals surface area contributed by atoms with E-state index < -0.39 is 11.7 Å². The second-order valence-corrected chi connectivity index (χ2v) is 6.70. The molecule has 1 aliphatic rings. The summed E-state index contributed by atoms with van der Waals surface area (Å²) in [6.45, 7) is 1.50. The molecule has 3 rings (SSSR count). The number of benzene rings is 2. The molecule has 2 aromatic carbocycles. The van der Waals surface area contributed by atoms with Gasteiger partial charge in [-0.05, 0) is 48.0 Å². The Hall–Kier alpha value is -3.23. The lowest BCUT2D eigenvalue weighted by Gasteiger charge is -2.36. The second-order valence-electron chi connectivity index (χ2n) is 6.70. The molecule has 0 unspecified atom stereocenters. The van der Waals surface area contributed by atoms with E-state index in [2.05, 4.69) is 5.16 Å². The predicted octanol–water partition coefficient (Wildman–Crippen LogP) is 3.41. The zero-order valence-electron chi connectivity index (χ0n) is 16.4. The molecule has 0 aromatic heterocycles. The number of nitrogens with zero attached hydrogens (tertiary/aromatic N) is 3. The first kappa shape index (κ1) is 21.5. The number of carbonyl (C=O) groups excluding carboxylic acids is 1. The van der Waals surface area contributed by atoms with Crippen molar-refractivity contribution in [2.75, 3.05) is 44.8 Å². The van der Waals surface area contributed by atoms with Gasteiger partial charge in [-0.25, -0.2) is 0 Å². The lowest BCUT2D eigenvalue weighted by atomic mass is 10.1. The van der Waals surface area contributed by atoms with E-state index in [1.165, 1.54) is 12.3 Å². The van der Waals surface area contributed by atoms with Crippen molar-refractivity contribution in [3.8, 4) is 5.75 Å². The van der Waals surface area contributed by atoms with Gasteiger partial charge in [0.05, 0.1) is 18.9 Å². The SMILES string of the molecule is COc1ccc(/C=N\OCC(=O)N2CCN(c3cccc(C(F)(F)F)c3)CC2)cc1. The normalized spacial score (nSPS) is 14.8. The lowest BCUT2D eigenvalue weighted by molar-refractivity contribution is -0.137. The van der Waals surface area contributed by atoms with Crippen LogP contribution in [0.4, 0.5) is 18.9 Å². The Morgan fingerprint density at radius 3 is 2.43 bits per heavy atom. The van der Waals surface area contributed by atoms with E-state index in [0.29, 0.717) is 31.9 Å². The van der Waals surface area contributed by atoms with Gasteiger partial charge >= 0.3 is 6.18 Å². The van der Waals surface area contributed by atoms with Crippen LogP contribution in [0.2, 0.25) is 0 Å². The smallest absolute Gasteiger partial charge is 0.416 e. The van der Waals surface area contributed by atoms with E-state index in [4.69, 9.17) is 9.57 Å². The Morgan fingerprint density at radius 2 is 1.80 bits per heavy atom. The van der Waals surface area contributed by atoms with Gasteiger partial charge in [-0.3, -0.25) is 4.79 Å². The number of rotatable bonds is 6. The summed E-state index contributed by atoms with van der Waals surface area (Å²) < 4.78 is 43.7. The molecule has 1 heterocycles. The summed E-state index contributed by atoms with van der Waals surface area (Å²) in [4.78, 5) is 20.8. The maximum absolute atomic E-state index is 12.9. The van der Waals surface area contributed by atoms with Gasteiger partial charge in [-0.15, -0.1) is 0 Å². The molecule has 2 aromatic rings. The number of oxime groups is 1. The van der Waals surface area contributed by atoms with Crippen molar-refractivity contribution >= 4 is 17.8 Å². The first-order valence-electron chi connectivity index (χ1n) is 9.36. The Balaban J connectivity index is 1.45. The monoisotopic (exact) mass is 421 g/mol. The number of methoxy groups -OCH3 is 1. The molecule has 0 saturated carbocycles. The van der Waals surface area contributed by atoms with Crippen LogP contribution >= 0.6 is 0 Å². The fraction of sp³-hybridized carbons (Fsp3) is 0.333. The highest BCUT2D eigenvalue weighted by atomic mass is 19.4. The number of halogens is 3.